The molecule has 2 aromatic rings. The number of nitrogens with one attached hydrogen (secondary N) is 1. The first-order chi connectivity index (χ1) is 9.88. The third-order valence-electron chi connectivity index (χ3n) is 3.51. The molecule has 1 amide bonds. The van der Waals surface area contributed by atoms with Crippen LogP contribution < -0.4 is 11.1 Å². The third-order valence-corrected chi connectivity index (χ3v) is 3.84. The second kappa shape index (κ2) is 6.19. The largest absolute Gasteiger partial charge is 0.398 e. The molecule has 110 valence electrons. The molecule has 0 aliphatic carbocycles. The number of carbonyl (C=O) groups is 1. The van der Waals surface area contributed by atoms with Crippen LogP contribution >= 0.6 is 11.6 Å². The topological polar surface area (TPSA) is 55.1 Å². The van der Waals surface area contributed by atoms with Crippen molar-refractivity contribution in [2.75, 3.05) is 5.73 Å². The van der Waals surface area contributed by atoms with Crippen molar-refractivity contribution in [1.82, 2.24) is 5.32 Å². The Bertz CT molecular complexity index is 682. The number of amides is 1. The highest BCUT2D eigenvalue weighted by atomic mass is 35.5. The van der Waals surface area contributed by atoms with Crippen LogP contribution in [0.2, 0.25) is 5.02 Å². The molecular formula is C17H19ClN2O. The number of benzene rings is 2. The van der Waals surface area contributed by atoms with Gasteiger partial charge in [0.15, 0.2) is 0 Å². The van der Waals surface area contributed by atoms with Crippen molar-refractivity contribution >= 4 is 23.2 Å². The Morgan fingerprint density at radius 3 is 2.57 bits per heavy atom. The van der Waals surface area contributed by atoms with E-state index in [0.717, 1.165) is 11.1 Å². The molecule has 0 saturated carbocycles. The fourth-order valence-electron chi connectivity index (χ4n) is 2.25. The smallest absolute Gasteiger partial charge is 0.251 e. The third kappa shape index (κ3) is 3.56. The predicted molar refractivity (Wildman–Crippen MR) is 87.7 cm³/mol. The molecule has 0 aromatic heterocycles. The van der Waals surface area contributed by atoms with Crippen LogP contribution in [0.1, 0.15) is 40.0 Å². The zero-order valence-electron chi connectivity index (χ0n) is 12.4. The van der Waals surface area contributed by atoms with E-state index in [0.29, 0.717) is 16.3 Å². The van der Waals surface area contributed by atoms with Crippen LogP contribution in [0.25, 0.3) is 0 Å². The summed E-state index contributed by atoms with van der Waals surface area (Å²) in [5.41, 5.74) is 10.1. The first-order valence-corrected chi connectivity index (χ1v) is 7.19. The summed E-state index contributed by atoms with van der Waals surface area (Å²) in [6.07, 6.45) is 0. The number of aryl methyl sites for hydroxylation is 2. The molecule has 3 N–H and O–H groups in total. The molecule has 0 aliphatic rings. The fourth-order valence-corrected chi connectivity index (χ4v) is 2.43. The summed E-state index contributed by atoms with van der Waals surface area (Å²) in [7, 11) is 0. The summed E-state index contributed by atoms with van der Waals surface area (Å²) in [6, 6.07) is 11.0. The van der Waals surface area contributed by atoms with Gasteiger partial charge in [-0.05, 0) is 50.1 Å². The molecule has 0 fully saturated rings. The van der Waals surface area contributed by atoms with Crippen molar-refractivity contribution in [2.24, 2.45) is 0 Å². The Morgan fingerprint density at radius 2 is 1.90 bits per heavy atom. The number of nitrogen functional groups attached to an aromatic ring is 1. The Kier molecular flexibility index (Phi) is 4.53. The minimum absolute atomic E-state index is 0.0753. The summed E-state index contributed by atoms with van der Waals surface area (Å²) >= 11 is 5.95. The molecule has 21 heavy (non-hydrogen) atoms. The van der Waals surface area contributed by atoms with Crippen LogP contribution in [0.4, 0.5) is 5.69 Å². The van der Waals surface area contributed by atoms with E-state index >= 15 is 0 Å². The number of anilines is 1. The lowest BCUT2D eigenvalue weighted by Crippen LogP contribution is -2.27. The number of nitrogens with two attached hydrogens (primary N) is 1. The maximum atomic E-state index is 12.3. The molecule has 0 spiro atoms. The van der Waals surface area contributed by atoms with Gasteiger partial charge in [0.2, 0.25) is 0 Å². The lowest BCUT2D eigenvalue weighted by molar-refractivity contribution is 0.0940. The molecular weight excluding hydrogens is 284 g/mol. The molecule has 0 radical (unpaired) electrons. The van der Waals surface area contributed by atoms with Crippen LogP contribution in [-0.2, 0) is 0 Å². The molecule has 0 bridgehead atoms. The molecule has 2 aromatic carbocycles. The van der Waals surface area contributed by atoms with Crippen molar-refractivity contribution in [3.63, 3.8) is 0 Å². The van der Waals surface area contributed by atoms with Crippen molar-refractivity contribution < 1.29 is 4.79 Å². The zero-order chi connectivity index (χ0) is 15.6. The lowest BCUT2D eigenvalue weighted by atomic mass is 9.99. The van der Waals surface area contributed by atoms with E-state index in [2.05, 4.69) is 23.5 Å². The van der Waals surface area contributed by atoms with Gasteiger partial charge in [-0.2, -0.15) is 0 Å². The van der Waals surface area contributed by atoms with Crippen molar-refractivity contribution in [2.45, 2.75) is 26.8 Å². The summed E-state index contributed by atoms with van der Waals surface area (Å²) < 4.78 is 0. The predicted octanol–water partition coefficient (Wildman–Crippen LogP) is 4.03. The van der Waals surface area contributed by atoms with Crippen LogP contribution in [0.15, 0.2) is 36.4 Å². The molecule has 4 heteroatoms. The van der Waals surface area contributed by atoms with Gasteiger partial charge in [-0.25, -0.2) is 0 Å². The molecule has 1 unspecified atom stereocenters. The standard InChI is InChI=1S/C17H19ClN2O/c1-10-4-5-11(2)14(8-10)12(3)20-17(21)13-6-7-16(19)15(18)9-13/h4-9,12H,19H2,1-3H3,(H,20,21). The maximum Gasteiger partial charge on any atom is 0.251 e. The van der Waals surface area contributed by atoms with E-state index in [9.17, 15) is 4.79 Å². The van der Waals surface area contributed by atoms with E-state index in [1.54, 1.807) is 18.2 Å². The van der Waals surface area contributed by atoms with Crippen molar-refractivity contribution in [3.05, 3.63) is 63.7 Å². The van der Waals surface area contributed by atoms with Gasteiger partial charge in [0.05, 0.1) is 16.8 Å². The van der Waals surface area contributed by atoms with Crippen molar-refractivity contribution in [1.29, 1.82) is 0 Å². The Morgan fingerprint density at radius 1 is 1.19 bits per heavy atom. The zero-order valence-corrected chi connectivity index (χ0v) is 13.2. The normalized spacial score (nSPS) is 12.0. The quantitative estimate of drug-likeness (QED) is 0.841. The van der Waals surface area contributed by atoms with Gasteiger partial charge in [0.25, 0.3) is 5.91 Å². The van der Waals surface area contributed by atoms with E-state index in [1.165, 1.54) is 5.56 Å². The highest BCUT2D eigenvalue weighted by Crippen LogP contribution is 2.22. The summed E-state index contributed by atoms with van der Waals surface area (Å²) in [5.74, 6) is -0.162. The van der Waals surface area contributed by atoms with Crippen LogP contribution in [-0.4, -0.2) is 5.91 Å². The first-order valence-electron chi connectivity index (χ1n) is 6.81. The summed E-state index contributed by atoms with van der Waals surface area (Å²) in [5, 5.41) is 3.38. The second-order valence-electron chi connectivity index (χ2n) is 5.29. The molecule has 2 rings (SSSR count). The highest BCUT2D eigenvalue weighted by molar-refractivity contribution is 6.33. The van der Waals surface area contributed by atoms with E-state index in [4.69, 9.17) is 17.3 Å². The van der Waals surface area contributed by atoms with E-state index < -0.39 is 0 Å². The summed E-state index contributed by atoms with van der Waals surface area (Å²) in [6.45, 7) is 6.05. The second-order valence-corrected chi connectivity index (χ2v) is 5.70. The molecule has 1 atom stereocenters. The average Bonchev–Trinajstić information content (AvgIpc) is 2.44. The first kappa shape index (κ1) is 15.4. The van der Waals surface area contributed by atoms with Gasteiger partial charge in [0, 0.05) is 5.56 Å². The minimum Gasteiger partial charge on any atom is -0.398 e. The van der Waals surface area contributed by atoms with Gasteiger partial charge >= 0.3 is 0 Å². The van der Waals surface area contributed by atoms with Gasteiger partial charge in [-0.3, -0.25) is 4.79 Å². The number of halogens is 1. The lowest BCUT2D eigenvalue weighted by Gasteiger charge is -2.17. The molecule has 3 nitrogen and oxygen atoms in total. The monoisotopic (exact) mass is 302 g/mol. The number of hydrogen-bond acceptors (Lipinski definition) is 2. The van der Waals surface area contributed by atoms with Crippen molar-refractivity contribution in [3.8, 4) is 0 Å². The SMILES string of the molecule is Cc1ccc(C)c(C(C)NC(=O)c2ccc(N)c(Cl)c2)c1. The Labute approximate surface area is 130 Å². The van der Waals surface area contributed by atoms with Gasteiger partial charge in [-0.1, -0.05) is 35.4 Å². The maximum absolute atomic E-state index is 12.3. The van der Waals surface area contributed by atoms with Gasteiger partial charge in [0.1, 0.15) is 0 Å². The number of hydrogen-bond donors (Lipinski definition) is 2. The fraction of sp³-hybridized carbons (Fsp3) is 0.235. The van der Waals surface area contributed by atoms with Crippen LogP contribution in [0, 0.1) is 13.8 Å². The van der Waals surface area contributed by atoms with Gasteiger partial charge in [-0.15, -0.1) is 0 Å². The molecule has 0 aliphatic heterocycles. The Hall–Kier alpha value is -2.00. The molecule has 0 heterocycles. The van der Waals surface area contributed by atoms with Gasteiger partial charge < -0.3 is 11.1 Å². The summed E-state index contributed by atoms with van der Waals surface area (Å²) in [4.78, 5) is 12.3. The van der Waals surface area contributed by atoms with Crippen LogP contribution in [0.3, 0.4) is 0 Å². The highest BCUT2D eigenvalue weighted by Gasteiger charge is 2.14. The molecule has 0 saturated heterocycles. The number of carbonyl (C=O) groups excluding carboxylic acids is 1. The van der Waals surface area contributed by atoms with Crippen LogP contribution in [0.5, 0.6) is 0 Å². The number of rotatable bonds is 3. The average molecular weight is 303 g/mol. The van der Waals surface area contributed by atoms with E-state index in [1.807, 2.05) is 20.8 Å². The van der Waals surface area contributed by atoms with E-state index in [-0.39, 0.29) is 11.9 Å². The minimum atomic E-state index is -0.162. The Balaban J connectivity index is 2.18.